The summed E-state index contributed by atoms with van der Waals surface area (Å²) in [6.07, 6.45) is 4.56. The summed E-state index contributed by atoms with van der Waals surface area (Å²) in [5, 5.41) is 31.2. The fourth-order valence-electron chi connectivity index (χ4n) is 4.44. The van der Waals surface area contributed by atoms with E-state index < -0.39 is 42.0 Å². The maximum Gasteiger partial charge on any atom is 0.309 e. The van der Waals surface area contributed by atoms with Crippen molar-refractivity contribution in [3.8, 4) is 0 Å². The molecule has 0 unspecified atom stereocenters. The molecule has 36 heavy (non-hydrogen) atoms. The Kier molecular flexibility index (Phi) is 11.3. The number of esters is 1. The zero-order valence-corrected chi connectivity index (χ0v) is 22.6. The van der Waals surface area contributed by atoms with Gasteiger partial charge in [0.2, 0.25) is 5.89 Å². The molecule has 9 heteroatoms. The third kappa shape index (κ3) is 8.00. The summed E-state index contributed by atoms with van der Waals surface area (Å²) in [6.45, 7) is 8.60. The van der Waals surface area contributed by atoms with Crippen molar-refractivity contribution < 1.29 is 34.1 Å². The van der Waals surface area contributed by atoms with Crippen LogP contribution in [0, 0.1) is 17.3 Å². The van der Waals surface area contributed by atoms with Crippen LogP contribution in [0.4, 0.5) is 0 Å². The van der Waals surface area contributed by atoms with Gasteiger partial charge < -0.3 is 24.5 Å². The van der Waals surface area contributed by atoms with Gasteiger partial charge >= 0.3 is 5.97 Å². The largest absolute Gasteiger partial charge is 0.456 e. The maximum absolute atomic E-state index is 13.4. The molecule has 0 saturated carbocycles. The number of aliphatic hydroxyl groups is 3. The quantitative estimate of drug-likeness (QED) is 0.385. The normalized spacial score (nSPS) is 31.0. The zero-order chi connectivity index (χ0) is 27.0. The molecule has 0 aliphatic carbocycles. The molecular weight excluding hydrogens is 486 g/mol. The number of nitrogens with zero attached hydrogens (tertiary/aromatic N) is 1. The molecule has 0 radical (unpaired) electrons. The molecule has 0 fully saturated rings. The molecule has 0 spiro atoms. The van der Waals surface area contributed by atoms with Crippen LogP contribution in [0.15, 0.2) is 27.4 Å². The van der Waals surface area contributed by atoms with Crippen LogP contribution in [0.2, 0.25) is 0 Å². The number of aromatic nitrogens is 1. The lowest BCUT2D eigenvalue weighted by molar-refractivity contribution is -0.154. The minimum absolute atomic E-state index is 0.0890. The molecule has 1 aliphatic rings. The Morgan fingerprint density at radius 3 is 2.61 bits per heavy atom. The molecule has 202 valence electrons. The number of oxazole rings is 1. The van der Waals surface area contributed by atoms with Crippen LogP contribution >= 0.6 is 11.6 Å². The number of carbonyl (C=O) groups is 2. The van der Waals surface area contributed by atoms with E-state index in [1.54, 1.807) is 13.8 Å². The Labute approximate surface area is 218 Å². The summed E-state index contributed by atoms with van der Waals surface area (Å²) < 4.78 is 10.8. The van der Waals surface area contributed by atoms with Crippen molar-refractivity contribution in [1.29, 1.82) is 0 Å². The molecule has 2 heterocycles. The number of halogens is 1. The van der Waals surface area contributed by atoms with Crippen molar-refractivity contribution in [2.24, 2.45) is 17.3 Å². The van der Waals surface area contributed by atoms with E-state index in [0.717, 1.165) is 24.8 Å². The highest BCUT2D eigenvalue weighted by Gasteiger charge is 2.43. The van der Waals surface area contributed by atoms with Crippen molar-refractivity contribution >= 4 is 29.4 Å². The summed E-state index contributed by atoms with van der Waals surface area (Å²) in [4.78, 5) is 30.3. The van der Waals surface area contributed by atoms with Gasteiger partial charge in [-0.05, 0) is 44.6 Å². The number of ether oxygens (including phenoxy) is 1. The van der Waals surface area contributed by atoms with Crippen molar-refractivity contribution in [3.05, 3.63) is 34.5 Å². The summed E-state index contributed by atoms with van der Waals surface area (Å²) in [5.74, 6) is -1.56. The number of ketones is 1. The monoisotopic (exact) mass is 525 g/mol. The van der Waals surface area contributed by atoms with E-state index in [1.807, 2.05) is 26.8 Å². The third-order valence-electron chi connectivity index (χ3n) is 7.08. The van der Waals surface area contributed by atoms with Crippen molar-refractivity contribution in [2.75, 3.05) is 0 Å². The molecule has 1 aliphatic heterocycles. The number of hydrogen-bond acceptors (Lipinski definition) is 8. The Hall–Kier alpha value is -2.00. The predicted molar refractivity (Wildman–Crippen MR) is 137 cm³/mol. The molecule has 2 rings (SSSR count). The van der Waals surface area contributed by atoms with E-state index in [0.29, 0.717) is 18.5 Å². The number of rotatable bonds is 4. The highest BCUT2D eigenvalue weighted by Crippen LogP contribution is 2.34. The first kappa shape index (κ1) is 30.2. The van der Waals surface area contributed by atoms with Gasteiger partial charge in [-0.1, -0.05) is 50.9 Å². The van der Waals surface area contributed by atoms with Crippen LogP contribution in [-0.2, 0) is 20.9 Å². The number of allylic oxidation sites excluding steroid dienone is 1. The fraction of sp³-hybridized carbons (Fsp3) is 0.667. The van der Waals surface area contributed by atoms with E-state index in [-0.39, 0.29) is 29.2 Å². The van der Waals surface area contributed by atoms with Crippen LogP contribution in [-0.4, -0.2) is 50.4 Å². The fourth-order valence-corrected chi connectivity index (χ4v) is 4.68. The highest BCUT2D eigenvalue weighted by atomic mass is 35.5. The van der Waals surface area contributed by atoms with Gasteiger partial charge in [0.1, 0.15) is 30.5 Å². The maximum atomic E-state index is 13.4. The van der Waals surface area contributed by atoms with Gasteiger partial charge in [-0.25, -0.2) is 4.98 Å². The second-order valence-electron chi connectivity index (χ2n) is 10.3. The summed E-state index contributed by atoms with van der Waals surface area (Å²) in [7, 11) is 0. The van der Waals surface area contributed by atoms with Crippen molar-refractivity contribution in [1.82, 2.24) is 4.98 Å². The summed E-state index contributed by atoms with van der Waals surface area (Å²) in [6, 6.07) is 0. The first-order chi connectivity index (χ1) is 16.9. The zero-order valence-electron chi connectivity index (χ0n) is 21.9. The second kappa shape index (κ2) is 13.5. The van der Waals surface area contributed by atoms with Crippen molar-refractivity contribution in [3.63, 3.8) is 0 Å². The number of Topliss-reactive ketones (excluding diaryl/α,β-unsaturated/α-hetero) is 1. The number of cyclic esters (lactones) is 1. The number of aliphatic hydroxyl groups excluding tert-OH is 3. The average molecular weight is 526 g/mol. The Morgan fingerprint density at radius 1 is 1.31 bits per heavy atom. The van der Waals surface area contributed by atoms with Crippen LogP contribution < -0.4 is 0 Å². The van der Waals surface area contributed by atoms with Gasteiger partial charge in [-0.2, -0.15) is 0 Å². The van der Waals surface area contributed by atoms with Gasteiger partial charge in [-0.15, -0.1) is 0 Å². The van der Waals surface area contributed by atoms with E-state index in [1.165, 1.54) is 12.3 Å². The van der Waals surface area contributed by atoms with E-state index in [2.05, 4.69) is 4.98 Å². The first-order valence-corrected chi connectivity index (χ1v) is 13.0. The molecule has 0 aromatic carbocycles. The van der Waals surface area contributed by atoms with E-state index >= 15 is 0 Å². The van der Waals surface area contributed by atoms with Gasteiger partial charge in [0.25, 0.3) is 0 Å². The molecule has 0 amide bonds. The minimum atomic E-state index is -1.30. The molecule has 0 saturated heterocycles. The van der Waals surface area contributed by atoms with Gasteiger partial charge in [0.15, 0.2) is 0 Å². The molecular formula is C27H40ClNO7. The Bertz CT molecular complexity index is 952. The third-order valence-corrected chi connectivity index (χ3v) is 7.44. The van der Waals surface area contributed by atoms with Crippen LogP contribution in [0.1, 0.15) is 84.7 Å². The lowest BCUT2D eigenvalue weighted by Gasteiger charge is -2.35. The van der Waals surface area contributed by atoms with Gasteiger partial charge in [-0.3, -0.25) is 9.59 Å². The Morgan fingerprint density at radius 2 is 2.00 bits per heavy atom. The van der Waals surface area contributed by atoms with Crippen LogP contribution in [0.25, 0.3) is 6.08 Å². The number of carbonyl (C=O) groups excluding carboxylic acids is 2. The molecule has 8 nitrogen and oxygen atoms in total. The highest BCUT2D eigenvalue weighted by molar-refractivity contribution is 6.32. The molecule has 1 aromatic rings. The summed E-state index contributed by atoms with van der Waals surface area (Å²) >= 11 is 6.51. The van der Waals surface area contributed by atoms with Gasteiger partial charge in [0, 0.05) is 12.3 Å². The van der Waals surface area contributed by atoms with Crippen LogP contribution in [0.5, 0.6) is 0 Å². The number of hydrogen-bond donors (Lipinski definition) is 3. The minimum Gasteiger partial charge on any atom is -0.456 e. The SMILES string of the molecule is CC[C@H]1C(=O)C(C)(C)[C@@H](O)CC(=O)O[C@H](C(Cl)=Cc2coc(CO)n2)C/C=C(/C)CCC[C@H](C)[C@@H]1O. The first-order valence-electron chi connectivity index (χ1n) is 12.6. The Balaban J connectivity index is 2.35. The lowest BCUT2D eigenvalue weighted by Crippen LogP contribution is -2.46. The van der Waals surface area contributed by atoms with E-state index in [4.69, 9.17) is 25.9 Å². The van der Waals surface area contributed by atoms with E-state index in [9.17, 15) is 19.8 Å². The van der Waals surface area contributed by atoms with Crippen molar-refractivity contribution in [2.45, 2.75) is 98.1 Å². The smallest absolute Gasteiger partial charge is 0.309 e. The molecule has 1 aromatic heterocycles. The van der Waals surface area contributed by atoms with Crippen LogP contribution in [0.3, 0.4) is 0 Å². The second-order valence-corrected chi connectivity index (χ2v) is 10.7. The summed E-state index contributed by atoms with van der Waals surface area (Å²) in [5.41, 5.74) is 0.199. The average Bonchev–Trinajstić information content (AvgIpc) is 3.28. The molecule has 3 N–H and O–H groups in total. The lowest BCUT2D eigenvalue weighted by atomic mass is 9.71. The topological polar surface area (TPSA) is 130 Å². The van der Waals surface area contributed by atoms with Gasteiger partial charge in [0.05, 0.1) is 29.1 Å². The predicted octanol–water partition coefficient (Wildman–Crippen LogP) is 4.55. The molecule has 0 bridgehead atoms. The standard InChI is InChI=1S/C27H40ClNO7/c1-6-19-25(33)17(3)9-7-8-16(2)10-11-21(20(28)12-18-15-35-23(14-30)29-18)36-24(32)13-22(31)27(4,5)26(19)34/h10,12,15,17,19,21-22,25,30-31,33H,6-9,11,13-14H2,1-5H3/b16-10-,20-12?/t17-,19+,21-,22-,25-/m0/s1. The molecule has 5 atom stereocenters.